The van der Waals surface area contributed by atoms with Crippen LogP contribution in [0.25, 0.3) is 17.3 Å². The first-order valence-electron chi connectivity index (χ1n) is 8.64. The third kappa shape index (κ3) is 5.16. The molecule has 0 radical (unpaired) electrons. The average molecular weight is 337 g/mol. The number of aromatic nitrogens is 1. The van der Waals surface area contributed by atoms with Crippen molar-refractivity contribution < 1.29 is 9.90 Å². The second kappa shape index (κ2) is 8.44. The van der Waals surface area contributed by atoms with Crippen LogP contribution in [0.4, 0.5) is 5.82 Å². The van der Waals surface area contributed by atoms with Gasteiger partial charge in [-0.1, -0.05) is 24.3 Å². The number of carbonyl (C=O) groups is 1. The van der Waals surface area contributed by atoms with Gasteiger partial charge in [-0.15, -0.1) is 0 Å². The number of carboxylic acid groups (broad SMARTS) is 1. The molecule has 0 amide bonds. The summed E-state index contributed by atoms with van der Waals surface area (Å²) in [7, 11) is 0. The topological polar surface area (TPSA) is 74.2 Å². The molecule has 0 bridgehead atoms. The zero-order valence-electron chi connectivity index (χ0n) is 14.1. The molecule has 0 spiro atoms. The Labute approximate surface area is 147 Å². The van der Waals surface area contributed by atoms with E-state index in [0.29, 0.717) is 5.92 Å². The Morgan fingerprint density at radius 2 is 2.04 bits per heavy atom. The maximum Gasteiger partial charge on any atom is 0.328 e. The smallest absolute Gasteiger partial charge is 0.328 e. The molecular formula is C20H23N3O2. The molecule has 2 aromatic rings. The maximum absolute atomic E-state index is 10.7. The van der Waals surface area contributed by atoms with Gasteiger partial charge in [0.15, 0.2) is 0 Å². The van der Waals surface area contributed by atoms with Crippen LogP contribution >= 0.6 is 0 Å². The first-order chi connectivity index (χ1) is 12.2. The summed E-state index contributed by atoms with van der Waals surface area (Å²) in [4.78, 5) is 15.4. The van der Waals surface area contributed by atoms with Gasteiger partial charge in [0.2, 0.25) is 0 Å². The van der Waals surface area contributed by atoms with Crippen LogP contribution in [-0.4, -0.2) is 35.7 Å². The molecule has 0 saturated carbocycles. The van der Waals surface area contributed by atoms with Crippen molar-refractivity contribution in [2.45, 2.75) is 12.8 Å². The van der Waals surface area contributed by atoms with Crippen molar-refractivity contribution in [3.8, 4) is 11.3 Å². The van der Waals surface area contributed by atoms with Gasteiger partial charge in [0.25, 0.3) is 0 Å². The van der Waals surface area contributed by atoms with E-state index in [1.165, 1.54) is 12.8 Å². The Bertz CT molecular complexity index is 752. The molecule has 1 aliphatic heterocycles. The molecular weight excluding hydrogens is 314 g/mol. The Balaban J connectivity index is 1.70. The van der Waals surface area contributed by atoms with Crippen LogP contribution in [0, 0.1) is 5.92 Å². The number of benzene rings is 1. The number of pyridine rings is 1. The van der Waals surface area contributed by atoms with Crippen molar-refractivity contribution in [2.75, 3.05) is 25.0 Å². The second-order valence-electron chi connectivity index (χ2n) is 6.28. The molecule has 0 unspecified atom stereocenters. The zero-order chi connectivity index (χ0) is 17.5. The van der Waals surface area contributed by atoms with E-state index in [1.807, 2.05) is 42.5 Å². The lowest BCUT2D eigenvalue weighted by Crippen LogP contribution is -2.31. The highest BCUT2D eigenvalue weighted by Crippen LogP contribution is 2.21. The van der Waals surface area contributed by atoms with Gasteiger partial charge in [-0.25, -0.2) is 9.78 Å². The van der Waals surface area contributed by atoms with Gasteiger partial charge >= 0.3 is 5.97 Å². The first-order valence-corrected chi connectivity index (χ1v) is 8.64. The molecule has 25 heavy (non-hydrogen) atoms. The molecule has 5 heteroatoms. The number of aliphatic carboxylic acids is 1. The number of hydrogen-bond donors (Lipinski definition) is 3. The number of anilines is 1. The van der Waals surface area contributed by atoms with Crippen molar-refractivity contribution in [2.24, 2.45) is 5.92 Å². The van der Waals surface area contributed by atoms with E-state index < -0.39 is 5.97 Å². The second-order valence-corrected chi connectivity index (χ2v) is 6.28. The van der Waals surface area contributed by atoms with Crippen LogP contribution in [0.2, 0.25) is 0 Å². The fourth-order valence-corrected chi connectivity index (χ4v) is 3.00. The zero-order valence-corrected chi connectivity index (χ0v) is 14.1. The van der Waals surface area contributed by atoms with Gasteiger partial charge in [-0.3, -0.25) is 0 Å². The lowest BCUT2D eigenvalue weighted by Gasteiger charge is -2.23. The van der Waals surface area contributed by atoms with Crippen LogP contribution in [0.3, 0.4) is 0 Å². The summed E-state index contributed by atoms with van der Waals surface area (Å²) in [6.45, 7) is 3.13. The summed E-state index contributed by atoms with van der Waals surface area (Å²) >= 11 is 0. The van der Waals surface area contributed by atoms with E-state index in [9.17, 15) is 4.79 Å². The molecule has 3 rings (SSSR count). The van der Waals surface area contributed by atoms with Crippen molar-refractivity contribution >= 4 is 17.9 Å². The minimum absolute atomic E-state index is 0.691. The van der Waals surface area contributed by atoms with E-state index in [4.69, 9.17) is 10.1 Å². The molecule has 1 aliphatic rings. The van der Waals surface area contributed by atoms with E-state index in [0.717, 1.165) is 48.3 Å². The number of carboxylic acids is 1. The fourth-order valence-electron chi connectivity index (χ4n) is 3.00. The lowest BCUT2D eigenvalue weighted by atomic mass is 9.98. The van der Waals surface area contributed by atoms with Crippen molar-refractivity contribution in [3.63, 3.8) is 0 Å². The normalized spacial score (nSPS) is 15.4. The largest absolute Gasteiger partial charge is 0.478 e. The summed E-state index contributed by atoms with van der Waals surface area (Å²) in [5, 5.41) is 15.6. The van der Waals surface area contributed by atoms with Crippen LogP contribution in [0.5, 0.6) is 0 Å². The van der Waals surface area contributed by atoms with Crippen molar-refractivity contribution in [3.05, 3.63) is 54.1 Å². The van der Waals surface area contributed by atoms with Crippen molar-refractivity contribution in [1.82, 2.24) is 10.3 Å². The monoisotopic (exact) mass is 337 g/mol. The predicted octanol–water partition coefficient (Wildman–Crippen LogP) is 3.26. The van der Waals surface area contributed by atoms with Gasteiger partial charge < -0.3 is 15.7 Å². The fraction of sp³-hybridized carbons (Fsp3) is 0.300. The summed E-state index contributed by atoms with van der Waals surface area (Å²) in [5.74, 6) is 0.617. The van der Waals surface area contributed by atoms with E-state index in [1.54, 1.807) is 6.08 Å². The van der Waals surface area contributed by atoms with Gasteiger partial charge in [0.05, 0.1) is 5.69 Å². The first kappa shape index (κ1) is 17.2. The maximum atomic E-state index is 10.7. The number of hydrogen-bond acceptors (Lipinski definition) is 4. The number of nitrogens with one attached hydrogen (secondary N) is 2. The van der Waals surface area contributed by atoms with Crippen LogP contribution in [0.15, 0.2) is 48.5 Å². The molecule has 0 aliphatic carbocycles. The van der Waals surface area contributed by atoms with E-state index >= 15 is 0 Å². The van der Waals surface area contributed by atoms with Crippen LogP contribution in [0.1, 0.15) is 18.4 Å². The standard InChI is InChI=1S/C20H23N3O2/c24-20(25)8-7-15-3-1-4-17(13-15)18-5-2-6-19(23-18)22-14-16-9-11-21-12-10-16/h1-8,13,16,21H,9-12,14H2,(H,22,23)(H,24,25). The van der Waals surface area contributed by atoms with Crippen LogP contribution in [-0.2, 0) is 4.79 Å². The molecule has 1 fully saturated rings. The third-order valence-corrected chi connectivity index (χ3v) is 4.38. The van der Waals surface area contributed by atoms with Gasteiger partial charge in [-0.2, -0.15) is 0 Å². The molecule has 0 atom stereocenters. The van der Waals surface area contributed by atoms with E-state index in [2.05, 4.69) is 10.6 Å². The van der Waals surface area contributed by atoms with Gasteiger partial charge in [-0.05, 0) is 61.7 Å². The molecule has 1 aromatic carbocycles. The van der Waals surface area contributed by atoms with E-state index in [-0.39, 0.29) is 0 Å². The summed E-state index contributed by atoms with van der Waals surface area (Å²) in [5.41, 5.74) is 2.69. The number of nitrogens with zero attached hydrogens (tertiary/aromatic N) is 1. The van der Waals surface area contributed by atoms with Crippen LogP contribution < -0.4 is 10.6 Å². The van der Waals surface area contributed by atoms with Gasteiger partial charge in [0.1, 0.15) is 5.82 Å². The summed E-state index contributed by atoms with van der Waals surface area (Å²) < 4.78 is 0. The average Bonchev–Trinajstić information content (AvgIpc) is 2.66. The Morgan fingerprint density at radius 1 is 1.24 bits per heavy atom. The predicted molar refractivity (Wildman–Crippen MR) is 100 cm³/mol. The molecule has 1 aromatic heterocycles. The Kier molecular flexibility index (Phi) is 5.80. The lowest BCUT2D eigenvalue weighted by molar-refractivity contribution is -0.131. The quantitative estimate of drug-likeness (QED) is 0.706. The summed E-state index contributed by atoms with van der Waals surface area (Å²) in [6, 6.07) is 13.7. The molecule has 1 saturated heterocycles. The molecule has 5 nitrogen and oxygen atoms in total. The number of piperidine rings is 1. The minimum Gasteiger partial charge on any atom is -0.478 e. The minimum atomic E-state index is -0.951. The summed E-state index contributed by atoms with van der Waals surface area (Å²) in [6.07, 6.45) is 5.13. The van der Waals surface area contributed by atoms with Gasteiger partial charge in [0, 0.05) is 18.2 Å². The molecule has 130 valence electrons. The highest BCUT2D eigenvalue weighted by Gasteiger charge is 2.12. The molecule has 3 N–H and O–H groups in total. The van der Waals surface area contributed by atoms with Crippen molar-refractivity contribution in [1.29, 1.82) is 0 Å². The Morgan fingerprint density at radius 3 is 2.84 bits per heavy atom. The molecule has 2 heterocycles. The highest BCUT2D eigenvalue weighted by molar-refractivity contribution is 5.85. The number of rotatable bonds is 6. The SMILES string of the molecule is O=C(O)C=Cc1cccc(-c2cccc(NCC3CCNCC3)n2)c1. The Hall–Kier alpha value is -2.66. The third-order valence-electron chi connectivity index (χ3n) is 4.38. The highest BCUT2D eigenvalue weighted by atomic mass is 16.4.